The van der Waals surface area contributed by atoms with Gasteiger partial charge in [0.2, 0.25) is 0 Å². The summed E-state index contributed by atoms with van der Waals surface area (Å²) in [5, 5.41) is 9.63. The van der Waals surface area contributed by atoms with Crippen molar-refractivity contribution in [3.8, 4) is 5.75 Å². The molecule has 1 unspecified atom stereocenters. The highest BCUT2D eigenvalue weighted by Gasteiger charge is 2.23. The normalized spacial score (nSPS) is 12.0. The molecule has 0 aliphatic rings. The molecule has 0 aromatic heterocycles. The predicted molar refractivity (Wildman–Crippen MR) is 92.3 cm³/mol. The molecule has 122 valence electrons. The van der Waals surface area contributed by atoms with E-state index in [0.717, 1.165) is 33.6 Å². The lowest BCUT2D eigenvalue weighted by Crippen LogP contribution is -2.17. The number of carboxylic acid groups (broad SMARTS) is 1. The van der Waals surface area contributed by atoms with Gasteiger partial charge in [-0.2, -0.15) is 0 Å². The molecule has 0 radical (unpaired) electrons. The lowest BCUT2D eigenvalue weighted by atomic mass is 9.87. The van der Waals surface area contributed by atoms with Gasteiger partial charge in [-0.15, -0.1) is 0 Å². The van der Waals surface area contributed by atoms with Crippen molar-refractivity contribution in [1.29, 1.82) is 0 Å². The molecule has 0 amide bonds. The Kier molecular flexibility index (Phi) is 5.43. The molecule has 2 aromatic rings. The van der Waals surface area contributed by atoms with Gasteiger partial charge < -0.3 is 9.84 Å². The van der Waals surface area contributed by atoms with Crippen LogP contribution < -0.4 is 4.74 Å². The van der Waals surface area contributed by atoms with Gasteiger partial charge in [-0.05, 0) is 68.5 Å². The molecule has 0 heterocycles. The average Bonchev–Trinajstić information content (AvgIpc) is 2.44. The van der Waals surface area contributed by atoms with Crippen LogP contribution in [0.5, 0.6) is 5.75 Å². The maximum absolute atomic E-state index is 11.7. The van der Waals surface area contributed by atoms with E-state index in [-0.39, 0.29) is 0 Å². The fraction of sp³-hybridized carbons (Fsp3) is 0.350. The summed E-state index contributed by atoms with van der Waals surface area (Å²) in [4.78, 5) is 11.7. The van der Waals surface area contributed by atoms with E-state index >= 15 is 0 Å². The van der Waals surface area contributed by atoms with Crippen molar-refractivity contribution in [2.75, 3.05) is 6.61 Å². The summed E-state index contributed by atoms with van der Waals surface area (Å²) in [6.07, 6.45) is 0.452. The molecule has 0 bridgehead atoms. The molecular formula is C20H24O3. The topological polar surface area (TPSA) is 46.5 Å². The highest BCUT2D eigenvalue weighted by molar-refractivity contribution is 5.77. The van der Waals surface area contributed by atoms with E-state index in [4.69, 9.17) is 4.74 Å². The quantitative estimate of drug-likeness (QED) is 0.850. The number of hydrogen-bond donors (Lipinski definition) is 1. The largest absolute Gasteiger partial charge is 0.494 e. The van der Waals surface area contributed by atoms with E-state index in [1.54, 1.807) is 0 Å². The van der Waals surface area contributed by atoms with E-state index < -0.39 is 11.9 Å². The second-order valence-corrected chi connectivity index (χ2v) is 6.16. The average molecular weight is 312 g/mol. The molecule has 0 saturated heterocycles. The van der Waals surface area contributed by atoms with Crippen molar-refractivity contribution >= 4 is 5.97 Å². The predicted octanol–water partition coefficient (Wildman–Crippen LogP) is 4.56. The van der Waals surface area contributed by atoms with Crippen LogP contribution in [0.2, 0.25) is 0 Å². The van der Waals surface area contributed by atoms with Crippen LogP contribution in [-0.2, 0) is 4.79 Å². The first kappa shape index (κ1) is 17.1. The molecule has 0 saturated carbocycles. The molecule has 0 aliphatic carbocycles. The van der Waals surface area contributed by atoms with Crippen LogP contribution in [0, 0.1) is 27.7 Å². The Morgan fingerprint density at radius 3 is 2.26 bits per heavy atom. The molecular weight excluding hydrogens is 288 g/mol. The highest BCUT2D eigenvalue weighted by Crippen LogP contribution is 2.28. The van der Waals surface area contributed by atoms with Gasteiger partial charge in [-0.1, -0.05) is 29.8 Å². The van der Waals surface area contributed by atoms with Crippen LogP contribution in [0.25, 0.3) is 0 Å². The van der Waals surface area contributed by atoms with E-state index in [0.29, 0.717) is 13.0 Å². The maximum atomic E-state index is 11.7. The Balaban J connectivity index is 2.13. The summed E-state index contributed by atoms with van der Waals surface area (Å²) >= 11 is 0. The molecule has 23 heavy (non-hydrogen) atoms. The first-order chi connectivity index (χ1) is 10.9. The fourth-order valence-electron chi connectivity index (χ4n) is 3.13. The maximum Gasteiger partial charge on any atom is 0.311 e. The number of aryl methyl sites for hydroxylation is 4. The summed E-state index contributed by atoms with van der Waals surface area (Å²) < 4.78 is 5.73. The van der Waals surface area contributed by atoms with Gasteiger partial charge in [0.25, 0.3) is 0 Å². The minimum Gasteiger partial charge on any atom is -0.494 e. The van der Waals surface area contributed by atoms with Crippen LogP contribution in [-0.4, -0.2) is 17.7 Å². The van der Waals surface area contributed by atoms with Gasteiger partial charge in [0.1, 0.15) is 5.75 Å². The van der Waals surface area contributed by atoms with Crippen LogP contribution in [0.1, 0.15) is 40.2 Å². The molecule has 1 N–H and O–H groups in total. The smallest absolute Gasteiger partial charge is 0.311 e. The molecule has 0 fully saturated rings. The van der Waals surface area contributed by atoms with E-state index in [1.165, 1.54) is 0 Å². The Hall–Kier alpha value is -2.29. The summed E-state index contributed by atoms with van der Waals surface area (Å²) in [6, 6.07) is 11.9. The molecule has 2 aromatic carbocycles. The molecule has 3 heteroatoms. The van der Waals surface area contributed by atoms with Gasteiger partial charge in [0, 0.05) is 0 Å². The summed E-state index contributed by atoms with van der Waals surface area (Å²) in [5.74, 6) is -0.556. The molecule has 3 nitrogen and oxygen atoms in total. The Morgan fingerprint density at radius 2 is 1.70 bits per heavy atom. The zero-order valence-corrected chi connectivity index (χ0v) is 14.2. The number of hydrogen-bond acceptors (Lipinski definition) is 2. The van der Waals surface area contributed by atoms with Crippen LogP contribution in [0.4, 0.5) is 0 Å². The lowest BCUT2D eigenvalue weighted by molar-refractivity contribution is -0.139. The van der Waals surface area contributed by atoms with Gasteiger partial charge >= 0.3 is 5.97 Å². The van der Waals surface area contributed by atoms with Crippen molar-refractivity contribution in [1.82, 2.24) is 0 Å². The van der Waals surface area contributed by atoms with E-state index in [2.05, 4.69) is 0 Å². The van der Waals surface area contributed by atoms with Crippen molar-refractivity contribution in [2.24, 2.45) is 0 Å². The minimum absolute atomic E-state index is 0.382. The zero-order valence-electron chi connectivity index (χ0n) is 14.2. The Bertz CT molecular complexity index is 681. The first-order valence-electron chi connectivity index (χ1n) is 7.88. The standard InChI is InChI=1S/C20H24O3/c1-13-6-5-7-17(12-13)23-9-8-18(20(21)22)19-15(3)10-14(2)11-16(19)4/h5-7,10-12,18H,8-9H2,1-4H3,(H,21,22). The van der Waals surface area contributed by atoms with E-state index in [9.17, 15) is 9.90 Å². The highest BCUT2D eigenvalue weighted by atomic mass is 16.5. The summed E-state index contributed by atoms with van der Waals surface area (Å²) in [5.41, 5.74) is 5.26. The first-order valence-corrected chi connectivity index (χ1v) is 7.88. The van der Waals surface area contributed by atoms with Crippen LogP contribution in [0.15, 0.2) is 36.4 Å². The van der Waals surface area contributed by atoms with Crippen LogP contribution >= 0.6 is 0 Å². The van der Waals surface area contributed by atoms with Crippen molar-refractivity contribution in [3.63, 3.8) is 0 Å². The van der Waals surface area contributed by atoms with Crippen molar-refractivity contribution in [2.45, 2.75) is 40.0 Å². The monoisotopic (exact) mass is 312 g/mol. The number of carboxylic acids is 1. The van der Waals surface area contributed by atoms with Crippen LogP contribution in [0.3, 0.4) is 0 Å². The second kappa shape index (κ2) is 7.32. The number of benzene rings is 2. The van der Waals surface area contributed by atoms with Crippen molar-refractivity contribution < 1.29 is 14.6 Å². The van der Waals surface area contributed by atoms with Gasteiger partial charge in [0.05, 0.1) is 12.5 Å². The number of rotatable bonds is 6. The SMILES string of the molecule is Cc1cccc(OCCC(C(=O)O)c2c(C)cc(C)cc2C)c1. The summed E-state index contributed by atoms with van der Waals surface area (Å²) in [6.45, 7) is 8.37. The van der Waals surface area contributed by atoms with Gasteiger partial charge in [0.15, 0.2) is 0 Å². The fourth-order valence-corrected chi connectivity index (χ4v) is 3.13. The third kappa shape index (κ3) is 4.35. The second-order valence-electron chi connectivity index (χ2n) is 6.16. The van der Waals surface area contributed by atoms with Crippen molar-refractivity contribution in [3.05, 3.63) is 64.2 Å². The van der Waals surface area contributed by atoms with Gasteiger partial charge in [-0.3, -0.25) is 4.79 Å². The minimum atomic E-state index is -0.798. The van der Waals surface area contributed by atoms with Gasteiger partial charge in [-0.25, -0.2) is 0 Å². The zero-order chi connectivity index (χ0) is 17.0. The molecule has 2 rings (SSSR count). The lowest BCUT2D eigenvalue weighted by Gasteiger charge is -2.19. The number of aliphatic carboxylic acids is 1. The summed E-state index contributed by atoms with van der Waals surface area (Å²) in [7, 11) is 0. The third-order valence-electron chi connectivity index (χ3n) is 4.05. The molecule has 1 atom stereocenters. The molecule has 0 aliphatic heterocycles. The third-order valence-corrected chi connectivity index (χ3v) is 4.05. The van der Waals surface area contributed by atoms with E-state index in [1.807, 2.05) is 64.1 Å². The Labute approximate surface area is 137 Å². The molecule has 0 spiro atoms. The Morgan fingerprint density at radius 1 is 1.04 bits per heavy atom. The number of carbonyl (C=O) groups is 1. The number of ether oxygens (including phenoxy) is 1.